The van der Waals surface area contributed by atoms with E-state index >= 15 is 0 Å². The molecule has 29 heavy (non-hydrogen) atoms. The number of ether oxygens (including phenoxy) is 1. The van der Waals surface area contributed by atoms with Crippen molar-refractivity contribution in [2.24, 2.45) is 7.05 Å². The largest absolute Gasteiger partial charge is 0.477 e. The number of carbonyl (C=O) groups excluding carboxylic acids is 3. The topological polar surface area (TPSA) is 174 Å². The number of aliphatic carboxylic acids is 1. The number of esters is 1. The molecule has 0 aliphatic carbocycles. The highest BCUT2D eigenvalue weighted by atomic mass is 32.2. The quantitative estimate of drug-likeness (QED) is 0.255. The van der Waals surface area contributed by atoms with Crippen molar-refractivity contribution in [2.75, 3.05) is 12.4 Å². The molecule has 0 aromatic carbocycles. The number of hydrogen-bond acceptors (Lipinski definition) is 9. The monoisotopic (exact) mass is 425 g/mol. The first-order valence-corrected chi connectivity index (χ1v) is 9.19. The fraction of sp³-hybridized carbons (Fsp3) is 0.400. The van der Waals surface area contributed by atoms with Crippen molar-refractivity contribution >= 4 is 41.2 Å². The molecule has 0 saturated carbocycles. The Hall–Kier alpha value is -3.42. The standard InChI is InChI=1S/C15H15N5O8S/c1-6(21)28-4-7-5-29-14-9(13(23)19(14)10(7)15(24)25)17-12(22)11-8(20(26)27)3-16-18(11)2/h3,9,14H,4-5H2,1-2H3,(H,17,22)(H,24,25). The number of nitrogens with one attached hydrogen (secondary N) is 1. The second kappa shape index (κ2) is 7.54. The third-order valence-electron chi connectivity index (χ3n) is 4.32. The summed E-state index contributed by atoms with van der Waals surface area (Å²) >= 11 is 1.18. The van der Waals surface area contributed by atoms with Crippen LogP contribution in [0.3, 0.4) is 0 Å². The molecule has 2 atom stereocenters. The van der Waals surface area contributed by atoms with E-state index in [4.69, 9.17) is 4.74 Å². The fourth-order valence-corrected chi connectivity index (χ4v) is 4.34. The Balaban J connectivity index is 1.80. The molecule has 2 amide bonds. The normalized spacial score (nSPS) is 20.6. The maximum atomic E-state index is 12.5. The molecule has 13 nitrogen and oxygen atoms in total. The molecule has 3 rings (SSSR count). The molecule has 0 radical (unpaired) electrons. The zero-order valence-corrected chi connectivity index (χ0v) is 16.0. The van der Waals surface area contributed by atoms with Crippen molar-refractivity contribution < 1.29 is 33.9 Å². The Kier molecular flexibility index (Phi) is 5.28. The van der Waals surface area contributed by atoms with Crippen LogP contribution in [0.15, 0.2) is 17.5 Å². The average Bonchev–Trinajstić information content (AvgIpc) is 3.04. The van der Waals surface area contributed by atoms with Crippen LogP contribution in [-0.4, -0.2) is 72.2 Å². The number of fused-ring (bicyclic) bond motifs is 1. The summed E-state index contributed by atoms with van der Waals surface area (Å²) in [6.07, 6.45) is 0.922. The minimum Gasteiger partial charge on any atom is -0.477 e. The number of carbonyl (C=O) groups is 4. The molecular formula is C15H15N5O8S. The number of nitrogens with zero attached hydrogens (tertiary/aromatic N) is 4. The fourth-order valence-electron chi connectivity index (χ4n) is 3.02. The van der Waals surface area contributed by atoms with Gasteiger partial charge < -0.3 is 15.2 Å². The van der Waals surface area contributed by atoms with E-state index in [2.05, 4.69) is 10.4 Å². The van der Waals surface area contributed by atoms with Crippen molar-refractivity contribution in [3.8, 4) is 0 Å². The van der Waals surface area contributed by atoms with Gasteiger partial charge >= 0.3 is 17.6 Å². The second-order valence-electron chi connectivity index (χ2n) is 6.16. The average molecular weight is 425 g/mol. The molecule has 2 aliphatic heterocycles. The maximum absolute atomic E-state index is 12.5. The summed E-state index contributed by atoms with van der Waals surface area (Å²) in [7, 11) is 1.35. The van der Waals surface area contributed by atoms with E-state index < -0.39 is 45.8 Å². The molecule has 0 spiro atoms. The van der Waals surface area contributed by atoms with E-state index in [1.807, 2.05) is 0 Å². The smallest absolute Gasteiger partial charge is 0.352 e. The number of aryl methyl sites for hydroxylation is 1. The van der Waals surface area contributed by atoms with Gasteiger partial charge in [0.2, 0.25) is 5.69 Å². The van der Waals surface area contributed by atoms with Crippen LogP contribution in [0.5, 0.6) is 0 Å². The van der Waals surface area contributed by atoms with Gasteiger partial charge in [0, 0.05) is 25.3 Å². The first kappa shape index (κ1) is 20.3. The molecule has 1 aromatic rings. The zero-order chi connectivity index (χ0) is 21.5. The van der Waals surface area contributed by atoms with E-state index in [0.717, 1.165) is 15.8 Å². The molecule has 3 heterocycles. The highest BCUT2D eigenvalue weighted by molar-refractivity contribution is 8.00. The van der Waals surface area contributed by atoms with Crippen molar-refractivity contribution in [3.05, 3.63) is 33.3 Å². The van der Waals surface area contributed by atoms with Gasteiger partial charge in [0.1, 0.15) is 29.9 Å². The number of hydrogen-bond donors (Lipinski definition) is 2. The number of carboxylic acid groups (broad SMARTS) is 1. The predicted molar refractivity (Wildman–Crippen MR) is 95.5 cm³/mol. The third-order valence-corrected chi connectivity index (χ3v) is 5.66. The van der Waals surface area contributed by atoms with Crippen LogP contribution in [-0.2, 0) is 26.2 Å². The van der Waals surface area contributed by atoms with Crippen molar-refractivity contribution in [2.45, 2.75) is 18.3 Å². The van der Waals surface area contributed by atoms with Gasteiger partial charge in [0.05, 0.1) is 4.92 Å². The molecule has 154 valence electrons. The summed E-state index contributed by atoms with van der Waals surface area (Å²) < 4.78 is 5.86. The van der Waals surface area contributed by atoms with E-state index in [9.17, 15) is 34.4 Å². The Morgan fingerprint density at radius 2 is 2.17 bits per heavy atom. The van der Waals surface area contributed by atoms with Gasteiger partial charge in [-0.1, -0.05) is 0 Å². The molecule has 2 unspecified atom stereocenters. The Bertz CT molecular complexity index is 970. The van der Waals surface area contributed by atoms with Gasteiger partial charge in [-0.05, 0) is 0 Å². The first-order valence-electron chi connectivity index (χ1n) is 8.14. The second-order valence-corrected chi connectivity index (χ2v) is 7.26. The molecule has 1 aromatic heterocycles. The van der Waals surface area contributed by atoms with Crippen molar-refractivity contribution in [1.82, 2.24) is 20.0 Å². The molecule has 14 heteroatoms. The number of β-lactam (4-membered cyclic amide) rings is 1. The lowest BCUT2D eigenvalue weighted by atomic mass is 10.0. The summed E-state index contributed by atoms with van der Waals surface area (Å²) in [5.41, 5.74) is -0.877. The Morgan fingerprint density at radius 1 is 1.48 bits per heavy atom. The molecule has 2 aliphatic rings. The van der Waals surface area contributed by atoms with Crippen LogP contribution in [0.2, 0.25) is 0 Å². The number of rotatable bonds is 6. The summed E-state index contributed by atoms with van der Waals surface area (Å²) in [6, 6.07) is -1.06. The van der Waals surface area contributed by atoms with E-state index in [1.54, 1.807) is 0 Å². The maximum Gasteiger partial charge on any atom is 0.352 e. The lowest BCUT2D eigenvalue weighted by molar-refractivity contribution is -0.385. The molecule has 2 N–H and O–H groups in total. The van der Waals surface area contributed by atoms with Gasteiger partial charge in [-0.15, -0.1) is 11.8 Å². The molecule has 1 saturated heterocycles. The third kappa shape index (κ3) is 3.53. The number of carboxylic acids is 1. The van der Waals surface area contributed by atoms with Crippen LogP contribution < -0.4 is 5.32 Å². The zero-order valence-electron chi connectivity index (χ0n) is 15.1. The van der Waals surface area contributed by atoms with Gasteiger partial charge in [0.15, 0.2) is 0 Å². The van der Waals surface area contributed by atoms with Crippen LogP contribution >= 0.6 is 11.8 Å². The van der Waals surface area contributed by atoms with Gasteiger partial charge in [-0.3, -0.25) is 34.1 Å². The molecule has 1 fully saturated rings. The Morgan fingerprint density at radius 3 is 2.76 bits per heavy atom. The van der Waals surface area contributed by atoms with Gasteiger partial charge in [-0.2, -0.15) is 5.10 Å². The lowest BCUT2D eigenvalue weighted by Crippen LogP contribution is -2.70. The predicted octanol–water partition coefficient (Wildman–Crippen LogP) is -0.756. The van der Waals surface area contributed by atoms with Crippen molar-refractivity contribution in [3.63, 3.8) is 0 Å². The van der Waals surface area contributed by atoms with Crippen LogP contribution in [0.1, 0.15) is 17.4 Å². The summed E-state index contributed by atoms with van der Waals surface area (Å²) in [5.74, 6) is -3.34. The molecular weight excluding hydrogens is 410 g/mol. The first-order chi connectivity index (χ1) is 13.6. The van der Waals surface area contributed by atoms with Gasteiger partial charge in [0.25, 0.3) is 11.8 Å². The number of thioether (sulfide) groups is 1. The number of nitro groups is 1. The minimum atomic E-state index is -1.36. The Labute approximate surface area is 166 Å². The van der Waals surface area contributed by atoms with E-state index in [-0.39, 0.29) is 29.3 Å². The minimum absolute atomic E-state index is 0.168. The number of aromatic nitrogens is 2. The van der Waals surface area contributed by atoms with Gasteiger partial charge in [-0.25, -0.2) is 4.79 Å². The van der Waals surface area contributed by atoms with E-state index in [1.165, 1.54) is 25.7 Å². The highest BCUT2D eigenvalue weighted by Gasteiger charge is 2.54. The summed E-state index contributed by atoms with van der Waals surface area (Å²) in [6.45, 7) is 0.913. The van der Waals surface area contributed by atoms with Crippen LogP contribution in [0, 0.1) is 10.1 Å². The van der Waals surface area contributed by atoms with E-state index in [0.29, 0.717) is 0 Å². The van der Waals surface area contributed by atoms with Crippen LogP contribution in [0.4, 0.5) is 5.69 Å². The summed E-state index contributed by atoms with van der Waals surface area (Å²) in [4.78, 5) is 59.0. The number of amides is 2. The van der Waals surface area contributed by atoms with Crippen LogP contribution in [0.25, 0.3) is 0 Å². The summed E-state index contributed by atoms with van der Waals surface area (Å²) in [5, 5.41) is 25.9. The van der Waals surface area contributed by atoms with Crippen molar-refractivity contribution in [1.29, 1.82) is 0 Å². The molecule has 0 bridgehead atoms. The SMILES string of the molecule is CC(=O)OCC1=C(C(=O)O)N2C(=O)C(NC(=O)c3c([N+](=O)[O-])cnn3C)C2SC1. The highest BCUT2D eigenvalue weighted by Crippen LogP contribution is 2.40. The lowest BCUT2D eigenvalue weighted by Gasteiger charge is -2.49.